The number of carbonyl (C=O) groups excluding carboxylic acids is 1. The van der Waals surface area contributed by atoms with E-state index in [0.717, 1.165) is 62.3 Å². The highest BCUT2D eigenvalue weighted by atomic mass is 16.5. The third-order valence-corrected chi connectivity index (χ3v) is 10.1. The summed E-state index contributed by atoms with van der Waals surface area (Å²) < 4.78 is 19.0. The molecular weight excluding hydrogens is 532 g/mol. The van der Waals surface area contributed by atoms with Gasteiger partial charge in [0.15, 0.2) is 11.5 Å². The summed E-state index contributed by atoms with van der Waals surface area (Å²) in [4.78, 5) is 24.3. The Morgan fingerprint density at radius 3 is 2.93 bits per heavy atom. The lowest BCUT2D eigenvalue weighted by molar-refractivity contribution is -0.132. The van der Waals surface area contributed by atoms with Gasteiger partial charge in [-0.1, -0.05) is 18.7 Å². The molecule has 5 unspecified atom stereocenters. The minimum Gasteiger partial charge on any atom is -0.493 e. The van der Waals surface area contributed by atoms with Crippen LogP contribution in [-0.2, 0) is 16.0 Å². The topological polar surface area (TPSA) is 103 Å². The van der Waals surface area contributed by atoms with Gasteiger partial charge in [-0.3, -0.25) is 15.0 Å². The van der Waals surface area contributed by atoms with Crippen LogP contribution in [0.25, 0.3) is 0 Å². The number of para-hydroxylation sites is 1. The summed E-state index contributed by atoms with van der Waals surface area (Å²) in [6.07, 6.45) is 8.07. The number of fused-ring (bicyclic) bond motifs is 2. The SMILES string of the molecule is C=CC(=O)N1CCN(C2NC(OCC3CCCN3C)N=C3C[C@]4(CCc5cccc(OC)c5O4)CCC32)CC1CC#N. The molecule has 1 aromatic carbocycles. The van der Waals surface area contributed by atoms with E-state index in [0.29, 0.717) is 38.7 Å². The molecule has 226 valence electrons. The number of hydrogen-bond acceptors (Lipinski definition) is 9. The van der Waals surface area contributed by atoms with Crippen LogP contribution < -0.4 is 14.8 Å². The van der Waals surface area contributed by atoms with Crippen LogP contribution in [0.15, 0.2) is 35.8 Å². The fraction of sp³-hybridized carbons (Fsp3) is 0.656. The van der Waals surface area contributed by atoms with E-state index in [4.69, 9.17) is 19.2 Å². The van der Waals surface area contributed by atoms with Crippen LogP contribution in [0, 0.1) is 17.2 Å². The van der Waals surface area contributed by atoms with Gasteiger partial charge in [0.25, 0.3) is 0 Å². The Kier molecular flexibility index (Phi) is 8.55. The van der Waals surface area contributed by atoms with Gasteiger partial charge >= 0.3 is 0 Å². The molecule has 1 N–H and O–H groups in total. The molecule has 42 heavy (non-hydrogen) atoms. The number of hydrogen-bond donors (Lipinski definition) is 1. The highest BCUT2D eigenvalue weighted by Gasteiger charge is 2.49. The molecule has 10 heteroatoms. The maximum Gasteiger partial charge on any atom is 0.246 e. The first-order valence-corrected chi connectivity index (χ1v) is 15.5. The second kappa shape index (κ2) is 12.3. The number of aliphatic imine (C=N–C) groups is 1. The first kappa shape index (κ1) is 29.1. The number of nitrogens with one attached hydrogen (secondary N) is 1. The van der Waals surface area contributed by atoms with Gasteiger partial charge < -0.3 is 24.0 Å². The van der Waals surface area contributed by atoms with Crippen LogP contribution in [0.3, 0.4) is 0 Å². The predicted octanol–water partition coefficient (Wildman–Crippen LogP) is 2.94. The Balaban J connectivity index is 1.24. The van der Waals surface area contributed by atoms with Crippen molar-refractivity contribution in [3.63, 3.8) is 0 Å². The minimum atomic E-state index is -0.446. The molecule has 0 aromatic heterocycles. The van der Waals surface area contributed by atoms with Crippen molar-refractivity contribution >= 4 is 11.6 Å². The van der Waals surface area contributed by atoms with E-state index in [2.05, 4.69) is 40.9 Å². The zero-order chi connectivity index (χ0) is 29.3. The summed E-state index contributed by atoms with van der Waals surface area (Å²) in [6, 6.07) is 8.65. The number of benzene rings is 1. The number of aryl methyl sites for hydroxylation is 1. The molecule has 1 aliphatic carbocycles. The number of nitriles is 1. The standard InChI is InChI=1S/C32H44N6O4/c1-4-28(39)38-18-17-37(20-23(38)12-15-33)30-25-11-14-32(13-10-22-7-5-9-27(40-3)29(22)42-32)19-26(25)34-31(35-30)41-21-24-8-6-16-36(24)2/h4-5,7,9,23-25,30-31,35H,1,6,8,10-14,16-21H2,2-3H3/t23?,24?,25?,30?,31?,32-/m0/s1. The zero-order valence-corrected chi connectivity index (χ0v) is 25.0. The number of rotatable bonds is 7. The Morgan fingerprint density at radius 2 is 2.17 bits per heavy atom. The van der Waals surface area contributed by atoms with Gasteiger partial charge in [0.1, 0.15) is 5.60 Å². The molecule has 1 amide bonds. The largest absolute Gasteiger partial charge is 0.493 e. The summed E-state index contributed by atoms with van der Waals surface area (Å²) in [7, 11) is 3.86. The fourth-order valence-electron chi connectivity index (χ4n) is 7.69. The Labute approximate surface area is 249 Å². The Morgan fingerprint density at radius 1 is 1.29 bits per heavy atom. The van der Waals surface area contributed by atoms with Crippen molar-refractivity contribution in [2.45, 2.75) is 81.6 Å². The Hall–Kier alpha value is -2.97. The van der Waals surface area contributed by atoms with Gasteiger partial charge in [0.05, 0.1) is 38.4 Å². The van der Waals surface area contributed by atoms with Crippen molar-refractivity contribution in [3.05, 3.63) is 36.4 Å². The third kappa shape index (κ3) is 5.68. The molecule has 4 heterocycles. The molecule has 1 spiro atoms. The van der Waals surface area contributed by atoms with Gasteiger partial charge in [0.2, 0.25) is 12.3 Å². The summed E-state index contributed by atoms with van der Waals surface area (Å²) in [5.74, 6) is 1.75. The van der Waals surface area contributed by atoms with E-state index < -0.39 is 6.35 Å². The molecule has 1 aromatic rings. The van der Waals surface area contributed by atoms with Crippen LogP contribution in [0.2, 0.25) is 0 Å². The lowest BCUT2D eigenvalue weighted by Crippen LogP contribution is -2.66. The molecule has 0 bridgehead atoms. The first-order chi connectivity index (χ1) is 20.4. The molecule has 0 radical (unpaired) electrons. The normalized spacial score (nSPS) is 33.2. The molecular formula is C32H44N6O4. The lowest BCUT2D eigenvalue weighted by atomic mass is 9.71. The van der Waals surface area contributed by atoms with Gasteiger partial charge in [0, 0.05) is 43.7 Å². The Bertz CT molecular complexity index is 1230. The van der Waals surface area contributed by atoms with Crippen LogP contribution >= 0.6 is 0 Å². The molecule has 5 aliphatic rings. The van der Waals surface area contributed by atoms with E-state index in [1.807, 2.05) is 12.1 Å². The average Bonchev–Trinajstić information content (AvgIpc) is 3.43. The van der Waals surface area contributed by atoms with Crippen molar-refractivity contribution in [1.29, 1.82) is 5.26 Å². The smallest absolute Gasteiger partial charge is 0.246 e. The van der Waals surface area contributed by atoms with Gasteiger partial charge in [-0.25, -0.2) is 4.99 Å². The second-order valence-corrected chi connectivity index (χ2v) is 12.5. The van der Waals surface area contributed by atoms with E-state index in [9.17, 15) is 10.1 Å². The number of amides is 1. The number of ether oxygens (including phenoxy) is 3. The maximum absolute atomic E-state index is 12.6. The number of methoxy groups -OCH3 is 1. The third-order valence-electron chi connectivity index (χ3n) is 10.1. The minimum absolute atomic E-state index is 0.00810. The second-order valence-electron chi connectivity index (χ2n) is 12.5. The van der Waals surface area contributed by atoms with Gasteiger partial charge in [-0.15, -0.1) is 0 Å². The van der Waals surface area contributed by atoms with E-state index in [-0.39, 0.29) is 29.6 Å². The number of likely N-dealkylation sites (N-methyl/N-ethyl adjacent to an activating group) is 1. The lowest BCUT2D eigenvalue weighted by Gasteiger charge is -2.52. The summed E-state index contributed by atoms with van der Waals surface area (Å²) >= 11 is 0. The van der Waals surface area contributed by atoms with Crippen molar-refractivity contribution in [1.82, 2.24) is 20.0 Å². The highest BCUT2D eigenvalue weighted by molar-refractivity contribution is 5.90. The van der Waals surface area contributed by atoms with E-state index >= 15 is 0 Å². The van der Waals surface area contributed by atoms with Crippen LogP contribution in [0.1, 0.15) is 50.5 Å². The van der Waals surface area contributed by atoms with E-state index in [1.165, 1.54) is 18.1 Å². The molecule has 6 atom stereocenters. The van der Waals surface area contributed by atoms with Crippen molar-refractivity contribution < 1.29 is 19.0 Å². The van der Waals surface area contributed by atoms with Crippen molar-refractivity contribution in [2.75, 3.05) is 46.9 Å². The molecule has 4 aliphatic heterocycles. The number of likely N-dealkylation sites (tertiary alicyclic amines) is 1. The van der Waals surface area contributed by atoms with Crippen molar-refractivity contribution in [2.24, 2.45) is 10.9 Å². The van der Waals surface area contributed by atoms with Gasteiger partial charge in [-0.05, 0) is 69.8 Å². The molecule has 1 saturated carbocycles. The van der Waals surface area contributed by atoms with Crippen LogP contribution in [-0.4, -0.2) is 103 Å². The van der Waals surface area contributed by atoms with E-state index in [1.54, 1.807) is 12.0 Å². The average molecular weight is 577 g/mol. The molecule has 10 nitrogen and oxygen atoms in total. The monoisotopic (exact) mass is 576 g/mol. The number of piperazine rings is 1. The van der Waals surface area contributed by atoms with Crippen LogP contribution in [0.4, 0.5) is 0 Å². The van der Waals surface area contributed by atoms with Gasteiger partial charge in [-0.2, -0.15) is 5.26 Å². The fourth-order valence-corrected chi connectivity index (χ4v) is 7.69. The molecule has 6 rings (SSSR count). The summed E-state index contributed by atoms with van der Waals surface area (Å²) in [5.41, 5.74) is 2.03. The number of carbonyl (C=O) groups is 1. The molecule has 2 saturated heterocycles. The van der Waals surface area contributed by atoms with Crippen molar-refractivity contribution in [3.8, 4) is 17.6 Å². The summed E-state index contributed by atoms with van der Waals surface area (Å²) in [6.45, 7) is 7.31. The van der Waals surface area contributed by atoms with Crippen LogP contribution in [0.5, 0.6) is 11.5 Å². The summed E-state index contributed by atoms with van der Waals surface area (Å²) in [5, 5.41) is 13.3. The predicted molar refractivity (Wildman–Crippen MR) is 159 cm³/mol. The maximum atomic E-state index is 12.6. The quantitative estimate of drug-likeness (QED) is 0.495. The highest BCUT2D eigenvalue weighted by Crippen LogP contribution is 2.47. The zero-order valence-electron chi connectivity index (χ0n) is 25.0. The number of nitrogens with zero attached hydrogens (tertiary/aromatic N) is 5. The molecule has 3 fully saturated rings. The first-order valence-electron chi connectivity index (χ1n) is 15.5.